The van der Waals surface area contributed by atoms with E-state index in [9.17, 15) is 0 Å². The quantitative estimate of drug-likeness (QED) is 0.374. The zero-order chi connectivity index (χ0) is 20.2. The molecule has 2 rings (SSSR count). The number of hydrogen-bond donors (Lipinski definition) is 2. The number of nitrogens with zero attached hydrogens (tertiary/aromatic N) is 2. The molecule has 6 heteroatoms. The summed E-state index contributed by atoms with van der Waals surface area (Å²) in [5.41, 5.74) is 3.44. The molecule has 152 valence electrons. The highest BCUT2D eigenvalue weighted by molar-refractivity contribution is 5.93. The molecule has 0 heterocycles. The smallest absolute Gasteiger partial charge is 0.195 e. The summed E-state index contributed by atoms with van der Waals surface area (Å²) in [5.74, 6) is 1.57. The van der Waals surface area contributed by atoms with Crippen molar-refractivity contribution in [3.05, 3.63) is 54.1 Å². The highest BCUT2D eigenvalue weighted by Gasteiger charge is 2.02. The number of methoxy groups -OCH3 is 1. The van der Waals surface area contributed by atoms with Crippen LogP contribution in [0.25, 0.3) is 0 Å². The van der Waals surface area contributed by atoms with Crippen LogP contribution in [0.5, 0.6) is 5.75 Å². The van der Waals surface area contributed by atoms with Crippen LogP contribution in [0.15, 0.2) is 53.5 Å². The first-order chi connectivity index (χ1) is 13.6. The van der Waals surface area contributed by atoms with E-state index in [4.69, 9.17) is 9.47 Å². The van der Waals surface area contributed by atoms with Gasteiger partial charge in [-0.05, 0) is 36.2 Å². The molecular formula is C22H32N4O2. The topological polar surface area (TPSA) is 58.1 Å². The van der Waals surface area contributed by atoms with Gasteiger partial charge in [0.2, 0.25) is 0 Å². The second kappa shape index (κ2) is 11.9. The molecule has 0 atom stereocenters. The van der Waals surface area contributed by atoms with Crippen molar-refractivity contribution in [3.63, 3.8) is 0 Å². The second-order valence-electron chi connectivity index (χ2n) is 6.66. The van der Waals surface area contributed by atoms with Crippen LogP contribution in [0.4, 0.5) is 11.4 Å². The van der Waals surface area contributed by atoms with Gasteiger partial charge in [0.1, 0.15) is 5.75 Å². The van der Waals surface area contributed by atoms with Gasteiger partial charge in [-0.3, -0.25) is 4.99 Å². The van der Waals surface area contributed by atoms with Crippen LogP contribution >= 0.6 is 0 Å². The standard InChI is InChI=1S/C22H32N4O2/c1-23-22(24-14-13-18-9-11-20(12-10-18)26(2)3)25-19-7-5-8-21(17-19)28-16-6-15-27-4/h5,7-12,17H,6,13-16H2,1-4H3,(H2,23,24,25). The monoisotopic (exact) mass is 384 g/mol. The van der Waals surface area contributed by atoms with E-state index in [2.05, 4.69) is 44.8 Å². The zero-order valence-corrected chi connectivity index (χ0v) is 17.4. The normalized spacial score (nSPS) is 11.2. The summed E-state index contributed by atoms with van der Waals surface area (Å²) < 4.78 is 10.8. The van der Waals surface area contributed by atoms with E-state index in [1.54, 1.807) is 14.2 Å². The van der Waals surface area contributed by atoms with Gasteiger partial charge < -0.3 is 25.0 Å². The lowest BCUT2D eigenvalue weighted by Gasteiger charge is -2.14. The second-order valence-corrected chi connectivity index (χ2v) is 6.66. The molecule has 0 aliphatic rings. The number of nitrogens with one attached hydrogen (secondary N) is 2. The van der Waals surface area contributed by atoms with E-state index in [0.29, 0.717) is 13.2 Å². The number of benzene rings is 2. The molecule has 2 aromatic carbocycles. The third-order valence-electron chi connectivity index (χ3n) is 4.24. The van der Waals surface area contributed by atoms with E-state index < -0.39 is 0 Å². The van der Waals surface area contributed by atoms with Crippen molar-refractivity contribution in [2.75, 3.05) is 58.2 Å². The summed E-state index contributed by atoms with van der Waals surface area (Å²) in [6, 6.07) is 16.5. The molecule has 0 bridgehead atoms. The van der Waals surface area contributed by atoms with Crippen molar-refractivity contribution in [3.8, 4) is 5.75 Å². The van der Waals surface area contributed by atoms with Crippen LogP contribution in [0.3, 0.4) is 0 Å². The van der Waals surface area contributed by atoms with E-state index >= 15 is 0 Å². The molecule has 0 saturated carbocycles. The average molecular weight is 385 g/mol. The van der Waals surface area contributed by atoms with Crippen molar-refractivity contribution in [1.82, 2.24) is 5.32 Å². The Morgan fingerprint density at radius 3 is 2.54 bits per heavy atom. The van der Waals surface area contributed by atoms with Crippen LogP contribution < -0.4 is 20.3 Å². The van der Waals surface area contributed by atoms with E-state index in [1.807, 2.05) is 38.4 Å². The Morgan fingerprint density at radius 1 is 1.07 bits per heavy atom. The lowest BCUT2D eigenvalue weighted by atomic mass is 10.1. The third-order valence-corrected chi connectivity index (χ3v) is 4.24. The van der Waals surface area contributed by atoms with Gasteiger partial charge in [-0.1, -0.05) is 18.2 Å². The Bertz CT molecular complexity index is 730. The van der Waals surface area contributed by atoms with Crippen molar-refractivity contribution < 1.29 is 9.47 Å². The lowest BCUT2D eigenvalue weighted by Crippen LogP contribution is -2.32. The molecule has 2 aromatic rings. The molecule has 0 aliphatic carbocycles. The number of rotatable bonds is 10. The van der Waals surface area contributed by atoms with Gasteiger partial charge >= 0.3 is 0 Å². The van der Waals surface area contributed by atoms with Crippen LogP contribution in [0, 0.1) is 0 Å². The maximum atomic E-state index is 5.75. The van der Waals surface area contributed by atoms with Crippen LogP contribution in [-0.4, -0.2) is 54.0 Å². The third kappa shape index (κ3) is 7.48. The van der Waals surface area contributed by atoms with Crippen LogP contribution in [0.1, 0.15) is 12.0 Å². The molecule has 0 amide bonds. The molecule has 0 spiro atoms. The molecule has 0 fully saturated rings. The van der Waals surface area contributed by atoms with Crippen LogP contribution in [-0.2, 0) is 11.2 Å². The average Bonchev–Trinajstić information content (AvgIpc) is 2.71. The highest BCUT2D eigenvalue weighted by Crippen LogP contribution is 2.17. The molecular weight excluding hydrogens is 352 g/mol. The lowest BCUT2D eigenvalue weighted by molar-refractivity contribution is 0.172. The zero-order valence-electron chi connectivity index (χ0n) is 17.4. The Labute approximate surface area is 168 Å². The largest absolute Gasteiger partial charge is 0.493 e. The summed E-state index contributed by atoms with van der Waals surface area (Å²) in [5, 5.41) is 6.66. The van der Waals surface area contributed by atoms with Gasteiger partial charge in [-0.2, -0.15) is 0 Å². The van der Waals surface area contributed by atoms with Crippen molar-refractivity contribution >= 4 is 17.3 Å². The van der Waals surface area contributed by atoms with Gasteiger partial charge in [0, 0.05) is 65.3 Å². The van der Waals surface area contributed by atoms with Crippen LogP contribution in [0.2, 0.25) is 0 Å². The summed E-state index contributed by atoms with van der Waals surface area (Å²) in [6.07, 6.45) is 1.80. The van der Waals surface area contributed by atoms with Crippen molar-refractivity contribution in [2.24, 2.45) is 4.99 Å². The number of guanidine groups is 1. The minimum absolute atomic E-state index is 0.636. The summed E-state index contributed by atoms with van der Waals surface area (Å²) in [4.78, 5) is 6.40. The Morgan fingerprint density at radius 2 is 1.86 bits per heavy atom. The number of anilines is 2. The summed E-state index contributed by atoms with van der Waals surface area (Å²) in [6.45, 7) is 2.14. The minimum Gasteiger partial charge on any atom is -0.493 e. The first-order valence-corrected chi connectivity index (χ1v) is 9.58. The molecule has 28 heavy (non-hydrogen) atoms. The van der Waals surface area contributed by atoms with Gasteiger partial charge in [0.15, 0.2) is 5.96 Å². The summed E-state index contributed by atoms with van der Waals surface area (Å²) in [7, 11) is 7.56. The molecule has 6 nitrogen and oxygen atoms in total. The Balaban J connectivity index is 1.80. The SMILES string of the molecule is CN=C(NCCc1ccc(N(C)C)cc1)Nc1cccc(OCCCOC)c1. The fourth-order valence-corrected chi connectivity index (χ4v) is 2.66. The molecule has 0 radical (unpaired) electrons. The predicted molar refractivity (Wildman–Crippen MR) is 118 cm³/mol. The van der Waals surface area contributed by atoms with E-state index in [0.717, 1.165) is 36.8 Å². The fourth-order valence-electron chi connectivity index (χ4n) is 2.66. The number of ether oxygens (including phenoxy) is 2. The fraction of sp³-hybridized carbons (Fsp3) is 0.409. The molecule has 2 N–H and O–H groups in total. The molecule has 0 aliphatic heterocycles. The van der Waals surface area contributed by atoms with E-state index in [1.165, 1.54) is 11.3 Å². The number of aliphatic imine (C=N–C) groups is 1. The maximum absolute atomic E-state index is 5.75. The first-order valence-electron chi connectivity index (χ1n) is 9.58. The molecule has 0 aromatic heterocycles. The molecule has 0 saturated heterocycles. The summed E-state index contributed by atoms with van der Waals surface area (Å²) >= 11 is 0. The van der Waals surface area contributed by atoms with E-state index in [-0.39, 0.29) is 0 Å². The van der Waals surface area contributed by atoms with Crippen molar-refractivity contribution in [2.45, 2.75) is 12.8 Å². The van der Waals surface area contributed by atoms with Gasteiger partial charge in [0.25, 0.3) is 0 Å². The highest BCUT2D eigenvalue weighted by atomic mass is 16.5. The predicted octanol–water partition coefficient (Wildman–Crippen LogP) is 3.40. The Hall–Kier alpha value is -2.73. The number of hydrogen-bond acceptors (Lipinski definition) is 4. The maximum Gasteiger partial charge on any atom is 0.195 e. The Kier molecular flexibility index (Phi) is 9.15. The van der Waals surface area contributed by atoms with Gasteiger partial charge in [-0.25, -0.2) is 0 Å². The first kappa shape index (κ1) is 21.6. The minimum atomic E-state index is 0.636. The van der Waals surface area contributed by atoms with Gasteiger partial charge in [0.05, 0.1) is 6.61 Å². The van der Waals surface area contributed by atoms with Gasteiger partial charge in [-0.15, -0.1) is 0 Å². The molecule has 0 unspecified atom stereocenters. The van der Waals surface area contributed by atoms with Crippen molar-refractivity contribution in [1.29, 1.82) is 0 Å².